The van der Waals surface area contributed by atoms with Crippen LogP contribution in [0.4, 0.5) is 10.1 Å². The Balaban J connectivity index is 1.83. The predicted octanol–water partition coefficient (Wildman–Crippen LogP) is 2.74. The Labute approximate surface area is 112 Å². The minimum Gasteiger partial charge on any atom is -0.385 e. The van der Waals surface area contributed by atoms with E-state index in [1.165, 1.54) is 25.3 Å². The van der Waals surface area contributed by atoms with Gasteiger partial charge in [0.05, 0.1) is 11.3 Å². The summed E-state index contributed by atoms with van der Waals surface area (Å²) >= 11 is 0. The minimum absolute atomic E-state index is 0.0433. The van der Waals surface area contributed by atoms with Crippen molar-refractivity contribution in [3.63, 3.8) is 0 Å². The number of para-hydroxylation sites is 1. The third-order valence-electron chi connectivity index (χ3n) is 4.51. The van der Waals surface area contributed by atoms with E-state index in [4.69, 9.17) is 0 Å². The van der Waals surface area contributed by atoms with Crippen LogP contribution in [0.1, 0.15) is 29.6 Å². The third-order valence-corrected chi connectivity index (χ3v) is 4.51. The minimum atomic E-state index is -0.368. The van der Waals surface area contributed by atoms with Crippen LogP contribution >= 0.6 is 0 Å². The largest absolute Gasteiger partial charge is 0.385 e. The molecule has 0 bridgehead atoms. The number of nitrogens with one attached hydrogen (secondary N) is 1. The van der Waals surface area contributed by atoms with Crippen molar-refractivity contribution in [2.45, 2.75) is 19.3 Å². The molecule has 1 aromatic rings. The lowest BCUT2D eigenvalue weighted by Gasteiger charge is -2.19. The summed E-state index contributed by atoms with van der Waals surface area (Å²) < 4.78 is 13.7. The molecule has 1 aliphatic carbocycles. The van der Waals surface area contributed by atoms with Crippen molar-refractivity contribution >= 4 is 11.6 Å². The number of likely N-dealkylation sites (tertiary alicyclic amines) is 1. The molecule has 102 valence electrons. The van der Waals surface area contributed by atoms with Crippen molar-refractivity contribution < 1.29 is 9.18 Å². The van der Waals surface area contributed by atoms with Crippen molar-refractivity contribution in [3.05, 3.63) is 29.6 Å². The summed E-state index contributed by atoms with van der Waals surface area (Å²) in [7, 11) is 1.65. The number of carbonyl (C=O) groups excluding carboxylic acids is 1. The molecule has 2 aliphatic rings. The van der Waals surface area contributed by atoms with E-state index in [0.29, 0.717) is 23.1 Å². The Morgan fingerprint density at radius 2 is 2.00 bits per heavy atom. The van der Waals surface area contributed by atoms with Gasteiger partial charge in [0.25, 0.3) is 5.91 Å². The Bertz CT molecular complexity index is 491. The number of carbonyl (C=O) groups is 1. The van der Waals surface area contributed by atoms with E-state index in [0.717, 1.165) is 13.1 Å². The number of benzene rings is 1. The van der Waals surface area contributed by atoms with E-state index in [9.17, 15) is 9.18 Å². The summed E-state index contributed by atoms with van der Waals surface area (Å²) in [4.78, 5) is 14.4. The molecule has 0 aromatic heterocycles. The zero-order chi connectivity index (χ0) is 13.4. The van der Waals surface area contributed by atoms with Crippen LogP contribution in [0.3, 0.4) is 0 Å². The standard InChI is InChI=1S/C15H19FN2O/c1-17-14-12(6-3-7-13(14)16)15(19)18-8-10-4-2-5-11(10)9-18/h3,6-7,10-11,17H,2,4-5,8-9H2,1H3. The maximum atomic E-state index is 13.7. The monoisotopic (exact) mass is 262 g/mol. The van der Waals surface area contributed by atoms with Crippen molar-refractivity contribution in [2.75, 3.05) is 25.5 Å². The SMILES string of the molecule is CNc1c(F)cccc1C(=O)N1CC2CCCC2C1. The molecule has 0 spiro atoms. The molecule has 1 saturated carbocycles. The van der Waals surface area contributed by atoms with Crippen LogP contribution in [-0.4, -0.2) is 30.9 Å². The number of fused-ring (bicyclic) bond motifs is 1. The van der Waals surface area contributed by atoms with Gasteiger partial charge in [0, 0.05) is 20.1 Å². The fourth-order valence-electron chi connectivity index (χ4n) is 3.53. The predicted molar refractivity (Wildman–Crippen MR) is 72.7 cm³/mol. The highest BCUT2D eigenvalue weighted by Crippen LogP contribution is 2.38. The van der Waals surface area contributed by atoms with Gasteiger partial charge < -0.3 is 10.2 Å². The molecule has 1 amide bonds. The normalized spacial score (nSPS) is 25.5. The van der Waals surface area contributed by atoms with Gasteiger partial charge >= 0.3 is 0 Å². The number of halogens is 1. The fraction of sp³-hybridized carbons (Fsp3) is 0.533. The molecule has 1 heterocycles. The summed E-state index contributed by atoms with van der Waals surface area (Å²) in [5.41, 5.74) is 0.757. The van der Waals surface area contributed by atoms with E-state index in [-0.39, 0.29) is 11.7 Å². The molecule has 3 rings (SSSR count). The molecule has 2 unspecified atom stereocenters. The Hall–Kier alpha value is -1.58. The van der Waals surface area contributed by atoms with Crippen molar-refractivity contribution in [1.82, 2.24) is 4.90 Å². The molecule has 2 fully saturated rings. The Morgan fingerprint density at radius 3 is 2.63 bits per heavy atom. The topological polar surface area (TPSA) is 32.3 Å². The van der Waals surface area contributed by atoms with E-state index < -0.39 is 0 Å². The molecule has 1 saturated heterocycles. The highest BCUT2D eigenvalue weighted by atomic mass is 19.1. The molecule has 1 N–H and O–H groups in total. The van der Waals surface area contributed by atoms with E-state index in [1.54, 1.807) is 19.2 Å². The van der Waals surface area contributed by atoms with Crippen LogP contribution < -0.4 is 5.32 Å². The average Bonchev–Trinajstić information content (AvgIpc) is 2.98. The lowest BCUT2D eigenvalue weighted by molar-refractivity contribution is 0.0781. The fourth-order valence-corrected chi connectivity index (χ4v) is 3.53. The second kappa shape index (κ2) is 4.83. The number of amides is 1. The first-order valence-corrected chi connectivity index (χ1v) is 6.96. The van der Waals surface area contributed by atoms with Gasteiger partial charge in [-0.05, 0) is 36.8 Å². The second-order valence-corrected chi connectivity index (χ2v) is 5.57. The highest BCUT2D eigenvalue weighted by molar-refractivity contribution is 5.99. The Morgan fingerprint density at radius 1 is 1.32 bits per heavy atom. The first-order chi connectivity index (χ1) is 9.20. The van der Waals surface area contributed by atoms with Crippen LogP contribution in [0.5, 0.6) is 0 Å². The van der Waals surface area contributed by atoms with E-state index in [1.807, 2.05) is 4.90 Å². The van der Waals surface area contributed by atoms with Gasteiger partial charge in [0.2, 0.25) is 0 Å². The number of rotatable bonds is 2. The zero-order valence-corrected chi connectivity index (χ0v) is 11.2. The molecule has 0 radical (unpaired) electrons. The van der Waals surface area contributed by atoms with Gasteiger partial charge in [-0.25, -0.2) is 4.39 Å². The lowest BCUT2D eigenvalue weighted by atomic mass is 10.0. The first kappa shape index (κ1) is 12.5. The molecule has 1 aromatic carbocycles. The molecule has 19 heavy (non-hydrogen) atoms. The maximum absolute atomic E-state index is 13.7. The number of hydrogen-bond acceptors (Lipinski definition) is 2. The van der Waals surface area contributed by atoms with Gasteiger partial charge in [-0.15, -0.1) is 0 Å². The van der Waals surface area contributed by atoms with Crippen LogP contribution in [0.2, 0.25) is 0 Å². The summed E-state index contributed by atoms with van der Waals surface area (Å²) in [6, 6.07) is 4.67. The quantitative estimate of drug-likeness (QED) is 0.888. The highest BCUT2D eigenvalue weighted by Gasteiger charge is 2.38. The summed E-state index contributed by atoms with van der Waals surface area (Å²) in [6.45, 7) is 1.67. The number of hydrogen-bond donors (Lipinski definition) is 1. The maximum Gasteiger partial charge on any atom is 0.256 e. The second-order valence-electron chi connectivity index (χ2n) is 5.57. The van der Waals surface area contributed by atoms with Crippen LogP contribution in [0.25, 0.3) is 0 Å². The third kappa shape index (κ3) is 2.09. The van der Waals surface area contributed by atoms with Crippen LogP contribution in [0.15, 0.2) is 18.2 Å². The molecule has 4 heteroatoms. The van der Waals surface area contributed by atoms with Crippen LogP contribution in [0, 0.1) is 17.7 Å². The van der Waals surface area contributed by atoms with Gasteiger partial charge in [-0.3, -0.25) is 4.79 Å². The van der Waals surface area contributed by atoms with Crippen LogP contribution in [-0.2, 0) is 0 Å². The lowest BCUT2D eigenvalue weighted by Crippen LogP contribution is -2.30. The van der Waals surface area contributed by atoms with Gasteiger partial charge in [-0.1, -0.05) is 12.5 Å². The van der Waals surface area contributed by atoms with Gasteiger partial charge in [-0.2, -0.15) is 0 Å². The number of nitrogens with zero attached hydrogens (tertiary/aromatic N) is 1. The molecular formula is C15H19FN2O. The molecule has 2 atom stereocenters. The van der Waals surface area contributed by atoms with E-state index in [2.05, 4.69) is 5.32 Å². The average molecular weight is 262 g/mol. The van der Waals surface area contributed by atoms with Crippen molar-refractivity contribution in [3.8, 4) is 0 Å². The van der Waals surface area contributed by atoms with Crippen molar-refractivity contribution in [2.24, 2.45) is 11.8 Å². The number of anilines is 1. The summed E-state index contributed by atoms with van der Waals surface area (Å²) in [5, 5.41) is 2.80. The molecular weight excluding hydrogens is 243 g/mol. The summed E-state index contributed by atoms with van der Waals surface area (Å²) in [5.74, 6) is 0.914. The Kier molecular flexibility index (Phi) is 3.17. The molecule has 3 nitrogen and oxygen atoms in total. The van der Waals surface area contributed by atoms with Gasteiger partial charge in [0.1, 0.15) is 5.82 Å². The summed E-state index contributed by atoms with van der Waals surface area (Å²) in [6.07, 6.45) is 3.76. The van der Waals surface area contributed by atoms with Crippen molar-refractivity contribution in [1.29, 1.82) is 0 Å². The first-order valence-electron chi connectivity index (χ1n) is 6.96. The zero-order valence-electron chi connectivity index (χ0n) is 11.2. The smallest absolute Gasteiger partial charge is 0.256 e. The van der Waals surface area contributed by atoms with E-state index >= 15 is 0 Å². The molecule has 1 aliphatic heterocycles. The van der Waals surface area contributed by atoms with Gasteiger partial charge in [0.15, 0.2) is 0 Å².